The Morgan fingerprint density at radius 1 is 1.08 bits per heavy atom. The molecule has 0 bridgehead atoms. The quantitative estimate of drug-likeness (QED) is 0.586. The van der Waals surface area contributed by atoms with E-state index in [1.807, 2.05) is 6.92 Å². The van der Waals surface area contributed by atoms with Gasteiger partial charge in [0.25, 0.3) is 0 Å². The average Bonchev–Trinajstić information content (AvgIpc) is 2.93. The Labute approximate surface area is 147 Å². The van der Waals surface area contributed by atoms with Crippen molar-refractivity contribution in [2.24, 2.45) is 10.8 Å². The molecule has 0 saturated carbocycles. The van der Waals surface area contributed by atoms with Gasteiger partial charge in [-0.3, -0.25) is 0 Å². The van der Waals surface area contributed by atoms with Gasteiger partial charge in [-0.2, -0.15) is 0 Å². The number of likely N-dealkylation sites (tertiary alicyclic amines) is 1. The van der Waals surface area contributed by atoms with Crippen molar-refractivity contribution in [3.63, 3.8) is 0 Å². The minimum absolute atomic E-state index is 0.349. The Balaban J connectivity index is 1.65. The molecule has 2 saturated heterocycles. The van der Waals surface area contributed by atoms with E-state index in [4.69, 9.17) is 11.2 Å². The van der Waals surface area contributed by atoms with Crippen molar-refractivity contribution in [1.82, 2.24) is 4.90 Å². The van der Waals surface area contributed by atoms with Crippen LogP contribution in [0.1, 0.15) is 33.6 Å². The van der Waals surface area contributed by atoms with Gasteiger partial charge in [-0.1, -0.05) is 13.8 Å². The minimum atomic E-state index is 0.349. The van der Waals surface area contributed by atoms with Gasteiger partial charge in [0, 0.05) is 49.1 Å². The summed E-state index contributed by atoms with van der Waals surface area (Å²) < 4.78 is 5.56. The number of rotatable bonds is 6. The zero-order chi connectivity index (χ0) is 17.2. The van der Waals surface area contributed by atoms with Gasteiger partial charge in [-0.15, -0.1) is 12.3 Å². The highest BCUT2D eigenvalue weighted by atomic mass is 16.5. The van der Waals surface area contributed by atoms with Crippen molar-refractivity contribution >= 4 is 5.69 Å². The van der Waals surface area contributed by atoms with Crippen LogP contribution in [0.15, 0.2) is 24.3 Å². The van der Waals surface area contributed by atoms with Crippen LogP contribution in [-0.4, -0.2) is 44.2 Å². The number of unbranched alkanes of at least 4 members (excludes halogenated alkanes) is 1. The zero-order valence-electron chi connectivity index (χ0n) is 15.3. The molecule has 1 aromatic rings. The molecule has 2 aliphatic heterocycles. The molecular formula is C21H30N2O. The molecule has 2 heterocycles. The van der Waals surface area contributed by atoms with Crippen LogP contribution in [0.4, 0.5) is 5.69 Å². The van der Waals surface area contributed by atoms with Gasteiger partial charge < -0.3 is 14.5 Å². The Hall–Kier alpha value is -1.66. The van der Waals surface area contributed by atoms with E-state index in [1.54, 1.807) is 0 Å². The topological polar surface area (TPSA) is 15.7 Å². The zero-order valence-corrected chi connectivity index (χ0v) is 15.3. The molecule has 0 amide bonds. The Bertz CT molecular complexity index is 585. The summed E-state index contributed by atoms with van der Waals surface area (Å²) in [5, 5.41) is 0. The van der Waals surface area contributed by atoms with E-state index in [9.17, 15) is 0 Å². The molecule has 3 heteroatoms. The number of fused-ring (bicyclic) bond motifs is 1. The largest absolute Gasteiger partial charge is 0.494 e. The summed E-state index contributed by atoms with van der Waals surface area (Å²) in [5.41, 5.74) is 2.01. The van der Waals surface area contributed by atoms with Crippen molar-refractivity contribution in [3.8, 4) is 18.1 Å². The lowest BCUT2D eigenvalue weighted by Gasteiger charge is -2.30. The summed E-state index contributed by atoms with van der Waals surface area (Å²) in [5.74, 6) is 3.71. The summed E-state index contributed by atoms with van der Waals surface area (Å²) in [6.07, 6.45) is 7.39. The van der Waals surface area contributed by atoms with Gasteiger partial charge in [0.05, 0.1) is 6.61 Å². The summed E-state index contributed by atoms with van der Waals surface area (Å²) in [6, 6.07) is 8.57. The maximum absolute atomic E-state index is 5.56. The molecule has 0 unspecified atom stereocenters. The van der Waals surface area contributed by atoms with Crippen LogP contribution in [0.2, 0.25) is 0 Å². The Kier molecular flexibility index (Phi) is 4.78. The van der Waals surface area contributed by atoms with Gasteiger partial charge in [-0.05, 0) is 44.2 Å². The van der Waals surface area contributed by atoms with Crippen LogP contribution >= 0.6 is 0 Å². The molecule has 0 aliphatic carbocycles. The Morgan fingerprint density at radius 2 is 1.71 bits per heavy atom. The van der Waals surface area contributed by atoms with Crippen molar-refractivity contribution < 1.29 is 4.74 Å². The first-order valence-electron chi connectivity index (χ1n) is 9.13. The number of ether oxygens (including phenoxy) is 1. The Morgan fingerprint density at radius 3 is 2.25 bits per heavy atom. The highest BCUT2D eigenvalue weighted by Gasteiger charge is 2.57. The average molecular weight is 326 g/mol. The van der Waals surface area contributed by atoms with Crippen molar-refractivity contribution in [2.45, 2.75) is 33.6 Å². The first kappa shape index (κ1) is 17.2. The van der Waals surface area contributed by atoms with Crippen LogP contribution in [0.25, 0.3) is 0 Å². The SMILES string of the molecule is C#CCCCN1C[C@@]2(C)CN(c3ccc(OCC)cc3)C[C@@]2(C)C1. The summed E-state index contributed by atoms with van der Waals surface area (Å²) in [7, 11) is 0. The van der Waals surface area contributed by atoms with E-state index in [2.05, 4.69) is 53.8 Å². The van der Waals surface area contributed by atoms with E-state index < -0.39 is 0 Å². The second-order valence-corrected chi connectivity index (χ2v) is 7.92. The smallest absolute Gasteiger partial charge is 0.119 e. The normalized spacial score (nSPS) is 29.5. The fourth-order valence-electron chi connectivity index (χ4n) is 4.47. The fraction of sp³-hybridized carbons (Fsp3) is 0.619. The number of hydrogen-bond acceptors (Lipinski definition) is 3. The first-order valence-corrected chi connectivity index (χ1v) is 9.13. The van der Waals surface area contributed by atoms with E-state index in [-0.39, 0.29) is 0 Å². The van der Waals surface area contributed by atoms with Crippen molar-refractivity contribution in [2.75, 3.05) is 44.2 Å². The third-order valence-corrected chi connectivity index (χ3v) is 5.99. The molecule has 3 nitrogen and oxygen atoms in total. The lowest BCUT2D eigenvalue weighted by molar-refractivity contribution is 0.212. The van der Waals surface area contributed by atoms with Crippen LogP contribution in [0, 0.1) is 23.2 Å². The van der Waals surface area contributed by atoms with Crippen molar-refractivity contribution in [1.29, 1.82) is 0 Å². The standard InChI is InChI=1S/C21H30N2O/c1-5-7-8-13-22-14-20(3)16-23(17-21(20,4)15-22)18-9-11-19(12-10-18)24-6-2/h1,9-12H,6-8,13-17H2,2-4H3/t20-,21+. The number of anilines is 1. The summed E-state index contributed by atoms with van der Waals surface area (Å²) in [4.78, 5) is 5.17. The molecule has 130 valence electrons. The number of benzene rings is 1. The molecule has 0 aromatic heterocycles. The molecule has 2 aliphatic rings. The first-order chi connectivity index (χ1) is 11.5. The number of hydrogen-bond donors (Lipinski definition) is 0. The minimum Gasteiger partial charge on any atom is -0.494 e. The van der Waals surface area contributed by atoms with Gasteiger partial charge in [0.15, 0.2) is 0 Å². The number of nitrogens with zero attached hydrogens (tertiary/aromatic N) is 2. The maximum atomic E-state index is 5.56. The molecule has 1 aromatic carbocycles. The second kappa shape index (κ2) is 6.69. The molecule has 2 atom stereocenters. The van der Waals surface area contributed by atoms with E-state index >= 15 is 0 Å². The van der Waals surface area contributed by atoms with Gasteiger partial charge >= 0.3 is 0 Å². The second-order valence-electron chi connectivity index (χ2n) is 7.92. The molecule has 2 fully saturated rings. The van der Waals surface area contributed by atoms with E-state index in [0.29, 0.717) is 17.4 Å². The third kappa shape index (κ3) is 3.13. The predicted molar refractivity (Wildman–Crippen MR) is 101 cm³/mol. The van der Waals surface area contributed by atoms with Crippen LogP contribution in [-0.2, 0) is 0 Å². The monoisotopic (exact) mass is 326 g/mol. The maximum Gasteiger partial charge on any atom is 0.119 e. The molecule has 3 rings (SSSR count). The van der Waals surface area contributed by atoms with Gasteiger partial charge in [-0.25, -0.2) is 0 Å². The van der Waals surface area contributed by atoms with Gasteiger partial charge in [0.2, 0.25) is 0 Å². The highest BCUT2D eigenvalue weighted by Crippen LogP contribution is 2.52. The van der Waals surface area contributed by atoms with Crippen LogP contribution in [0.3, 0.4) is 0 Å². The van der Waals surface area contributed by atoms with Crippen LogP contribution in [0.5, 0.6) is 5.75 Å². The lowest BCUT2D eigenvalue weighted by atomic mass is 9.71. The molecule has 0 radical (unpaired) electrons. The summed E-state index contributed by atoms with van der Waals surface area (Å²) in [6.45, 7) is 13.4. The molecule has 0 N–H and O–H groups in total. The third-order valence-electron chi connectivity index (χ3n) is 5.99. The predicted octanol–water partition coefficient (Wildman–Crippen LogP) is 3.65. The highest BCUT2D eigenvalue weighted by molar-refractivity contribution is 5.51. The molecule has 24 heavy (non-hydrogen) atoms. The fourth-order valence-corrected chi connectivity index (χ4v) is 4.47. The summed E-state index contributed by atoms with van der Waals surface area (Å²) >= 11 is 0. The van der Waals surface area contributed by atoms with Crippen LogP contribution < -0.4 is 9.64 Å². The number of terminal acetylenes is 1. The van der Waals surface area contributed by atoms with E-state index in [0.717, 1.165) is 38.2 Å². The molecular weight excluding hydrogens is 296 g/mol. The van der Waals surface area contributed by atoms with E-state index in [1.165, 1.54) is 18.8 Å². The van der Waals surface area contributed by atoms with Gasteiger partial charge in [0.1, 0.15) is 5.75 Å². The lowest BCUT2D eigenvalue weighted by Crippen LogP contribution is -2.34. The van der Waals surface area contributed by atoms with Crippen molar-refractivity contribution in [3.05, 3.63) is 24.3 Å². The molecule has 0 spiro atoms.